The monoisotopic (exact) mass is 177 g/mol. The van der Waals surface area contributed by atoms with E-state index in [9.17, 15) is 15.3 Å². The second kappa shape index (κ2) is 3.68. The summed E-state index contributed by atoms with van der Waals surface area (Å²) in [5, 5.41) is 39.4. The Kier molecular flexibility index (Phi) is 3.03. The fourth-order valence-corrected chi connectivity index (χ4v) is 1.43. The Labute approximate surface area is 70.6 Å². The van der Waals surface area contributed by atoms with Crippen molar-refractivity contribution in [3.8, 4) is 0 Å². The first-order valence-electron chi connectivity index (χ1n) is 3.99. The van der Waals surface area contributed by atoms with Gasteiger partial charge in [0.25, 0.3) is 0 Å². The highest BCUT2D eigenvalue weighted by Crippen LogP contribution is 2.14. The maximum absolute atomic E-state index is 9.29. The molecule has 1 aliphatic heterocycles. The Hall–Kier alpha value is -0.200. The molecule has 0 aromatic carbocycles. The van der Waals surface area contributed by atoms with Crippen LogP contribution in [-0.2, 0) is 0 Å². The van der Waals surface area contributed by atoms with Crippen LogP contribution in [0.25, 0.3) is 0 Å². The van der Waals surface area contributed by atoms with Gasteiger partial charge in [0.1, 0.15) is 6.10 Å². The third-order valence-electron chi connectivity index (χ3n) is 2.30. The van der Waals surface area contributed by atoms with Crippen molar-refractivity contribution in [2.24, 2.45) is 0 Å². The Morgan fingerprint density at radius 2 is 1.67 bits per heavy atom. The zero-order valence-corrected chi connectivity index (χ0v) is 6.88. The standard InChI is InChI=1S/C7H15NO4/c1-3-5(10)7(12)6(11)4(2-9)8-3/h3-12H,2H2,1H3/t3-,4-,5+,6+,7+/m1/s1. The van der Waals surface area contributed by atoms with Crippen molar-refractivity contribution in [3.63, 3.8) is 0 Å². The highest BCUT2D eigenvalue weighted by molar-refractivity contribution is 4.96. The third kappa shape index (κ3) is 1.60. The molecular weight excluding hydrogens is 162 g/mol. The van der Waals surface area contributed by atoms with Gasteiger partial charge in [-0.25, -0.2) is 0 Å². The number of nitrogens with one attached hydrogen (secondary N) is 1. The van der Waals surface area contributed by atoms with Crippen molar-refractivity contribution in [1.29, 1.82) is 0 Å². The van der Waals surface area contributed by atoms with Crippen LogP contribution in [0.1, 0.15) is 6.92 Å². The largest absolute Gasteiger partial charge is 0.395 e. The van der Waals surface area contributed by atoms with E-state index in [1.54, 1.807) is 6.92 Å². The molecule has 72 valence electrons. The molecule has 1 aliphatic rings. The first kappa shape index (κ1) is 9.88. The lowest BCUT2D eigenvalue weighted by atomic mass is 9.91. The van der Waals surface area contributed by atoms with Gasteiger partial charge in [-0.05, 0) is 6.92 Å². The van der Waals surface area contributed by atoms with Crippen molar-refractivity contribution in [2.75, 3.05) is 6.61 Å². The molecule has 1 rings (SSSR count). The molecular formula is C7H15NO4. The van der Waals surface area contributed by atoms with E-state index in [1.165, 1.54) is 0 Å². The molecule has 5 nitrogen and oxygen atoms in total. The average Bonchev–Trinajstić information content (AvgIpc) is 2.08. The van der Waals surface area contributed by atoms with E-state index in [1.807, 2.05) is 0 Å². The van der Waals surface area contributed by atoms with E-state index in [0.29, 0.717) is 0 Å². The Morgan fingerprint density at radius 3 is 2.17 bits per heavy atom. The van der Waals surface area contributed by atoms with Crippen molar-refractivity contribution in [3.05, 3.63) is 0 Å². The van der Waals surface area contributed by atoms with Gasteiger partial charge in [-0.2, -0.15) is 0 Å². The maximum atomic E-state index is 9.29. The van der Waals surface area contributed by atoms with Crippen molar-refractivity contribution in [2.45, 2.75) is 37.3 Å². The first-order chi connectivity index (χ1) is 5.57. The lowest BCUT2D eigenvalue weighted by molar-refractivity contribution is -0.116. The van der Waals surface area contributed by atoms with E-state index in [-0.39, 0.29) is 12.6 Å². The molecule has 0 spiro atoms. The van der Waals surface area contributed by atoms with Gasteiger partial charge in [-0.1, -0.05) is 0 Å². The lowest BCUT2D eigenvalue weighted by Crippen LogP contribution is -2.64. The van der Waals surface area contributed by atoms with E-state index >= 15 is 0 Å². The average molecular weight is 177 g/mol. The highest BCUT2D eigenvalue weighted by atomic mass is 16.4. The zero-order valence-electron chi connectivity index (χ0n) is 6.88. The zero-order chi connectivity index (χ0) is 9.30. The minimum atomic E-state index is -1.18. The predicted molar refractivity (Wildman–Crippen MR) is 41.5 cm³/mol. The van der Waals surface area contributed by atoms with Crippen LogP contribution >= 0.6 is 0 Å². The number of piperidine rings is 1. The molecule has 0 aromatic heterocycles. The molecule has 5 N–H and O–H groups in total. The molecule has 5 heteroatoms. The summed E-state index contributed by atoms with van der Waals surface area (Å²) in [5.41, 5.74) is 0. The summed E-state index contributed by atoms with van der Waals surface area (Å²) >= 11 is 0. The molecule has 0 radical (unpaired) electrons. The topological polar surface area (TPSA) is 93.0 Å². The van der Waals surface area contributed by atoms with Crippen molar-refractivity contribution in [1.82, 2.24) is 5.32 Å². The summed E-state index contributed by atoms with van der Waals surface area (Å²) in [6.45, 7) is 1.43. The summed E-state index contributed by atoms with van der Waals surface area (Å²) in [7, 11) is 0. The van der Waals surface area contributed by atoms with Crippen molar-refractivity contribution >= 4 is 0 Å². The van der Waals surface area contributed by atoms with Crippen LogP contribution in [0, 0.1) is 0 Å². The van der Waals surface area contributed by atoms with Crippen LogP contribution in [0.5, 0.6) is 0 Å². The molecule has 1 fully saturated rings. The minimum Gasteiger partial charge on any atom is -0.395 e. The number of hydrogen-bond acceptors (Lipinski definition) is 5. The number of aliphatic hydroxyl groups is 4. The van der Waals surface area contributed by atoms with Gasteiger partial charge in [-0.3, -0.25) is 0 Å². The molecule has 0 aromatic rings. The van der Waals surface area contributed by atoms with Gasteiger partial charge in [0.05, 0.1) is 24.9 Å². The molecule has 0 saturated carbocycles. The van der Waals surface area contributed by atoms with Crippen LogP contribution in [0.2, 0.25) is 0 Å². The molecule has 1 saturated heterocycles. The molecule has 0 bridgehead atoms. The highest BCUT2D eigenvalue weighted by Gasteiger charge is 2.39. The summed E-state index contributed by atoms with van der Waals surface area (Å²) in [6.07, 6.45) is -3.28. The van der Waals surface area contributed by atoms with Gasteiger partial charge in [-0.15, -0.1) is 0 Å². The molecule has 0 unspecified atom stereocenters. The van der Waals surface area contributed by atoms with Gasteiger partial charge >= 0.3 is 0 Å². The van der Waals surface area contributed by atoms with Gasteiger partial charge in [0, 0.05) is 6.04 Å². The SMILES string of the molecule is C[C@H]1N[C@H](CO)[C@H](O)[C@@H](O)[C@H]1O. The second-order valence-corrected chi connectivity index (χ2v) is 3.22. The fraction of sp³-hybridized carbons (Fsp3) is 1.00. The Bertz CT molecular complexity index is 150. The molecule has 0 amide bonds. The quantitative estimate of drug-likeness (QED) is 0.303. The van der Waals surface area contributed by atoms with Crippen LogP contribution in [-0.4, -0.2) is 57.4 Å². The minimum absolute atomic E-state index is 0.255. The normalized spacial score (nSPS) is 49.2. The van der Waals surface area contributed by atoms with Crippen LogP contribution in [0.3, 0.4) is 0 Å². The lowest BCUT2D eigenvalue weighted by Gasteiger charge is -2.39. The molecule has 5 atom stereocenters. The molecule has 12 heavy (non-hydrogen) atoms. The van der Waals surface area contributed by atoms with Crippen LogP contribution in [0.4, 0.5) is 0 Å². The number of rotatable bonds is 1. The smallest absolute Gasteiger partial charge is 0.109 e. The molecule has 0 aliphatic carbocycles. The number of aliphatic hydroxyl groups excluding tert-OH is 4. The van der Waals surface area contributed by atoms with E-state index in [4.69, 9.17) is 5.11 Å². The van der Waals surface area contributed by atoms with Gasteiger partial charge in [0.15, 0.2) is 0 Å². The first-order valence-corrected chi connectivity index (χ1v) is 3.99. The third-order valence-corrected chi connectivity index (χ3v) is 2.30. The number of hydrogen-bond donors (Lipinski definition) is 5. The Morgan fingerprint density at radius 1 is 1.08 bits per heavy atom. The van der Waals surface area contributed by atoms with Crippen molar-refractivity contribution < 1.29 is 20.4 Å². The van der Waals surface area contributed by atoms with Crippen LogP contribution < -0.4 is 5.32 Å². The maximum Gasteiger partial charge on any atom is 0.109 e. The fourth-order valence-electron chi connectivity index (χ4n) is 1.43. The van der Waals surface area contributed by atoms with E-state index in [0.717, 1.165) is 0 Å². The van der Waals surface area contributed by atoms with Gasteiger partial charge in [0.2, 0.25) is 0 Å². The Balaban J connectivity index is 2.63. The van der Waals surface area contributed by atoms with E-state index < -0.39 is 24.4 Å². The summed E-state index contributed by atoms with van der Waals surface area (Å²) in [6, 6.07) is -0.876. The molecule has 1 heterocycles. The van der Waals surface area contributed by atoms with Crippen LogP contribution in [0.15, 0.2) is 0 Å². The second-order valence-electron chi connectivity index (χ2n) is 3.22. The summed E-state index contributed by atoms with van der Waals surface area (Å²) < 4.78 is 0. The van der Waals surface area contributed by atoms with Gasteiger partial charge < -0.3 is 25.7 Å². The predicted octanol–water partition coefficient (Wildman–Crippen LogP) is -2.58. The summed E-state index contributed by atoms with van der Waals surface area (Å²) in [4.78, 5) is 0. The summed E-state index contributed by atoms with van der Waals surface area (Å²) in [5.74, 6) is 0. The van der Waals surface area contributed by atoms with E-state index in [2.05, 4.69) is 5.32 Å².